The van der Waals surface area contributed by atoms with Gasteiger partial charge in [-0.05, 0) is 11.6 Å². The maximum Gasteiger partial charge on any atom is 0.430 e. The number of aliphatic hydroxyl groups is 2. The summed E-state index contributed by atoms with van der Waals surface area (Å²) in [5, 5.41) is 29.4. The summed E-state index contributed by atoms with van der Waals surface area (Å²) in [6, 6.07) is -2.10. The first-order chi connectivity index (χ1) is 11.6. The van der Waals surface area contributed by atoms with Crippen molar-refractivity contribution < 1.29 is 68.0 Å². The van der Waals surface area contributed by atoms with E-state index in [9.17, 15) is 57.8 Å². The quantitative estimate of drug-likeness (QED) is 0.715. The summed E-state index contributed by atoms with van der Waals surface area (Å²) in [4.78, 5) is 0. The smallest absolute Gasteiger partial charge is 0.430 e. The SMILES string of the molecule is [O-]c1ccc(C(O)(C(F)(F)F)C(F)(F)F)cc1C(O)(C(F)(F)F)C(F)(F)F. The van der Waals surface area contributed by atoms with E-state index in [1.807, 2.05) is 0 Å². The molecule has 1 rings (SSSR count). The average molecular weight is 425 g/mol. The molecule has 1 aromatic rings. The molecule has 15 heteroatoms. The second-order valence-electron chi connectivity index (χ2n) is 5.12. The minimum atomic E-state index is -6.75. The normalized spacial score (nSPS) is 15.2. The van der Waals surface area contributed by atoms with E-state index in [2.05, 4.69) is 0 Å². The molecule has 0 saturated heterocycles. The van der Waals surface area contributed by atoms with Crippen LogP contribution in [0.15, 0.2) is 18.2 Å². The molecule has 0 heterocycles. The van der Waals surface area contributed by atoms with E-state index in [4.69, 9.17) is 10.2 Å². The molecule has 0 atom stereocenters. The highest BCUT2D eigenvalue weighted by Gasteiger charge is 2.74. The largest absolute Gasteiger partial charge is 0.872 e. The molecule has 0 amide bonds. The van der Waals surface area contributed by atoms with Gasteiger partial charge < -0.3 is 15.3 Å². The van der Waals surface area contributed by atoms with Crippen LogP contribution in [0.25, 0.3) is 0 Å². The predicted octanol–water partition coefficient (Wildman–Crippen LogP) is 3.38. The summed E-state index contributed by atoms with van der Waals surface area (Å²) in [5.74, 6) is -2.37. The number of rotatable bonds is 2. The number of hydrogen-bond acceptors (Lipinski definition) is 3. The molecule has 0 saturated carbocycles. The molecular formula is C12H5F12O3-. The molecule has 0 unspecified atom stereocenters. The number of hydrogen-bond donors (Lipinski definition) is 2. The molecule has 0 aliphatic carbocycles. The Balaban J connectivity index is 3.94. The van der Waals surface area contributed by atoms with Gasteiger partial charge in [-0.2, -0.15) is 52.7 Å². The van der Waals surface area contributed by atoms with Gasteiger partial charge >= 0.3 is 24.7 Å². The zero-order valence-electron chi connectivity index (χ0n) is 12.1. The lowest BCUT2D eigenvalue weighted by Crippen LogP contribution is -2.56. The monoisotopic (exact) mass is 425 g/mol. The Morgan fingerprint density at radius 3 is 1.22 bits per heavy atom. The third-order valence-electron chi connectivity index (χ3n) is 3.43. The van der Waals surface area contributed by atoms with Crippen molar-refractivity contribution >= 4 is 0 Å². The zero-order chi connectivity index (χ0) is 21.9. The van der Waals surface area contributed by atoms with Crippen LogP contribution < -0.4 is 5.11 Å². The van der Waals surface area contributed by atoms with Crippen LogP contribution in [0.2, 0.25) is 0 Å². The lowest BCUT2D eigenvalue weighted by atomic mass is 9.85. The van der Waals surface area contributed by atoms with Crippen molar-refractivity contribution in [3.63, 3.8) is 0 Å². The van der Waals surface area contributed by atoms with Crippen molar-refractivity contribution in [2.75, 3.05) is 0 Å². The molecule has 0 bridgehead atoms. The molecule has 0 aliphatic rings. The fourth-order valence-electron chi connectivity index (χ4n) is 1.99. The molecule has 0 fully saturated rings. The Bertz CT molecular complexity index is 670. The summed E-state index contributed by atoms with van der Waals surface area (Å²) < 4.78 is 153. The molecule has 156 valence electrons. The summed E-state index contributed by atoms with van der Waals surface area (Å²) in [7, 11) is 0. The van der Waals surface area contributed by atoms with E-state index in [1.165, 1.54) is 0 Å². The number of halogens is 12. The van der Waals surface area contributed by atoms with Crippen molar-refractivity contribution in [3.8, 4) is 5.75 Å². The van der Waals surface area contributed by atoms with Gasteiger partial charge in [-0.25, -0.2) is 0 Å². The average Bonchev–Trinajstić information content (AvgIpc) is 2.41. The molecule has 0 spiro atoms. The molecule has 1 aromatic carbocycles. The topological polar surface area (TPSA) is 63.5 Å². The Morgan fingerprint density at radius 1 is 0.593 bits per heavy atom. The van der Waals surface area contributed by atoms with Gasteiger partial charge in [0.15, 0.2) is 0 Å². The molecule has 3 nitrogen and oxygen atoms in total. The lowest BCUT2D eigenvalue weighted by molar-refractivity contribution is -0.382. The minimum absolute atomic E-state index is 0.458. The van der Waals surface area contributed by atoms with Crippen molar-refractivity contribution in [2.45, 2.75) is 35.9 Å². The van der Waals surface area contributed by atoms with E-state index in [1.54, 1.807) is 0 Å². The Labute approximate surface area is 140 Å². The van der Waals surface area contributed by atoms with Crippen LogP contribution in [-0.2, 0) is 11.2 Å². The van der Waals surface area contributed by atoms with Gasteiger partial charge in [0.05, 0.1) is 0 Å². The first-order valence-corrected chi connectivity index (χ1v) is 6.16. The third-order valence-corrected chi connectivity index (χ3v) is 3.43. The second kappa shape index (κ2) is 6.05. The number of alkyl halides is 12. The fourth-order valence-corrected chi connectivity index (χ4v) is 1.99. The Morgan fingerprint density at radius 2 is 0.926 bits per heavy atom. The summed E-state index contributed by atoms with van der Waals surface area (Å²) in [6.07, 6.45) is -26.8. The van der Waals surface area contributed by atoms with Gasteiger partial charge in [-0.15, -0.1) is 5.75 Å². The van der Waals surface area contributed by atoms with Crippen LogP contribution in [0.5, 0.6) is 5.75 Å². The van der Waals surface area contributed by atoms with Gasteiger partial charge in [0.2, 0.25) is 0 Å². The van der Waals surface area contributed by atoms with E-state index < -0.39 is 71.0 Å². The first kappa shape index (κ1) is 23.1. The first-order valence-electron chi connectivity index (χ1n) is 6.16. The molecule has 0 radical (unpaired) electrons. The van der Waals surface area contributed by atoms with E-state index >= 15 is 0 Å². The fraction of sp³-hybridized carbons (Fsp3) is 0.500. The second-order valence-corrected chi connectivity index (χ2v) is 5.12. The van der Waals surface area contributed by atoms with Crippen LogP contribution in [0, 0.1) is 0 Å². The van der Waals surface area contributed by atoms with Crippen LogP contribution in [0.3, 0.4) is 0 Å². The highest BCUT2D eigenvalue weighted by molar-refractivity contribution is 5.44. The predicted molar refractivity (Wildman–Crippen MR) is 57.9 cm³/mol. The Hall–Kier alpha value is -1.90. The Kier molecular flexibility index (Phi) is 5.19. The summed E-state index contributed by atoms with van der Waals surface area (Å²) in [5.41, 5.74) is -17.5. The van der Waals surface area contributed by atoms with E-state index in [-0.39, 0.29) is 0 Å². The van der Waals surface area contributed by atoms with Crippen molar-refractivity contribution in [1.29, 1.82) is 0 Å². The summed E-state index contributed by atoms with van der Waals surface area (Å²) >= 11 is 0. The van der Waals surface area contributed by atoms with Gasteiger partial charge in [0.1, 0.15) is 0 Å². The van der Waals surface area contributed by atoms with E-state index in [0.29, 0.717) is 0 Å². The molecule has 2 N–H and O–H groups in total. The van der Waals surface area contributed by atoms with Crippen LogP contribution in [0.1, 0.15) is 11.1 Å². The standard InChI is InChI=1S/C12H6F12O3/c13-9(14,15)7(26,10(16,17)18)4-1-2-6(25)5(3-4)8(27,11(19,20)21)12(22,23)24/h1-3,25-27H/p-1. The summed E-state index contributed by atoms with van der Waals surface area (Å²) in [6.45, 7) is 0. The van der Waals surface area contributed by atoms with Crippen LogP contribution in [0.4, 0.5) is 52.7 Å². The van der Waals surface area contributed by atoms with Crippen LogP contribution >= 0.6 is 0 Å². The van der Waals surface area contributed by atoms with Crippen molar-refractivity contribution in [1.82, 2.24) is 0 Å². The highest BCUT2D eigenvalue weighted by atomic mass is 19.4. The van der Waals surface area contributed by atoms with Gasteiger partial charge in [-0.1, -0.05) is 12.1 Å². The van der Waals surface area contributed by atoms with E-state index in [0.717, 1.165) is 0 Å². The molecule has 27 heavy (non-hydrogen) atoms. The molecule has 0 aromatic heterocycles. The molecule has 0 aliphatic heterocycles. The van der Waals surface area contributed by atoms with Crippen LogP contribution in [-0.4, -0.2) is 34.9 Å². The number of benzene rings is 1. The molecular weight excluding hydrogens is 420 g/mol. The minimum Gasteiger partial charge on any atom is -0.872 e. The van der Waals surface area contributed by atoms with Gasteiger partial charge in [-0.3, -0.25) is 0 Å². The van der Waals surface area contributed by atoms with Gasteiger partial charge in [0, 0.05) is 5.56 Å². The van der Waals surface area contributed by atoms with Crippen molar-refractivity contribution in [2.24, 2.45) is 0 Å². The maximum absolute atomic E-state index is 12.7. The highest BCUT2D eigenvalue weighted by Crippen LogP contribution is 2.55. The van der Waals surface area contributed by atoms with Crippen molar-refractivity contribution in [3.05, 3.63) is 29.3 Å². The zero-order valence-corrected chi connectivity index (χ0v) is 12.1. The maximum atomic E-state index is 12.7. The lowest BCUT2D eigenvalue weighted by Gasteiger charge is -2.37. The third kappa shape index (κ3) is 3.37. The van der Waals surface area contributed by atoms with Gasteiger partial charge in [0.25, 0.3) is 11.2 Å².